The molecule has 2 bridgehead atoms. The van der Waals surface area contributed by atoms with Crippen molar-refractivity contribution in [2.45, 2.75) is 51.4 Å². The number of ether oxygens (including phenoxy) is 1. The zero-order chi connectivity index (χ0) is 12.8. The van der Waals surface area contributed by atoms with E-state index in [1.165, 1.54) is 51.2 Å². The van der Waals surface area contributed by atoms with Gasteiger partial charge in [-0.3, -0.25) is 0 Å². The van der Waals surface area contributed by atoms with Crippen LogP contribution in [0.15, 0.2) is 18.2 Å². The van der Waals surface area contributed by atoms with Crippen molar-refractivity contribution < 1.29 is 9.53 Å². The summed E-state index contributed by atoms with van der Waals surface area (Å²) in [5.41, 5.74) is 3.18. The van der Waals surface area contributed by atoms with Gasteiger partial charge < -0.3 is 4.74 Å². The molecular formula is C16H22O2. The second-order valence-corrected chi connectivity index (χ2v) is 5.10. The lowest BCUT2D eigenvalue weighted by Gasteiger charge is -2.12. The highest BCUT2D eigenvalue weighted by Crippen LogP contribution is 2.20. The average molecular weight is 246 g/mol. The third kappa shape index (κ3) is 3.34. The van der Waals surface area contributed by atoms with Gasteiger partial charge in [0.25, 0.3) is 0 Å². The van der Waals surface area contributed by atoms with Gasteiger partial charge >= 0.3 is 5.97 Å². The van der Waals surface area contributed by atoms with E-state index in [4.69, 9.17) is 4.74 Å². The molecule has 0 heterocycles. The smallest absolute Gasteiger partial charge is 0.338 e. The van der Waals surface area contributed by atoms with Gasteiger partial charge in [0, 0.05) is 0 Å². The predicted molar refractivity (Wildman–Crippen MR) is 72.9 cm³/mol. The summed E-state index contributed by atoms with van der Waals surface area (Å²) in [6, 6.07) is 6.31. The van der Waals surface area contributed by atoms with Crippen molar-refractivity contribution in [3.63, 3.8) is 0 Å². The zero-order valence-corrected chi connectivity index (χ0v) is 11.2. The van der Waals surface area contributed by atoms with E-state index < -0.39 is 0 Å². The Hall–Kier alpha value is -1.31. The van der Waals surface area contributed by atoms with Gasteiger partial charge in [-0.1, -0.05) is 37.8 Å². The second-order valence-electron chi connectivity index (χ2n) is 5.10. The summed E-state index contributed by atoms with van der Waals surface area (Å²) < 4.78 is 4.89. The first-order valence-corrected chi connectivity index (χ1v) is 7.01. The van der Waals surface area contributed by atoms with Crippen LogP contribution >= 0.6 is 0 Å². The van der Waals surface area contributed by atoms with Crippen molar-refractivity contribution >= 4 is 5.97 Å². The molecule has 0 amide bonds. The summed E-state index contributed by atoms with van der Waals surface area (Å²) in [6.45, 7) is 0. The molecule has 0 fully saturated rings. The van der Waals surface area contributed by atoms with Crippen LogP contribution in [0.4, 0.5) is 0 Å². The third-order valence-electron chi connectivity index (χ3n) is 3.74. The Balaban J connectivity index is 2.26. The zero-order valence-electron chi connectivity index (χ0n) is 11.2. The largest absolute Gasteiger partial charge is 0.465 e. The van der Waals surface area contributed by atoms with Gasteiger partial charge in [-0.15, -0.1) is 0 Å². The normalized spacial score (nSPS) is 16.7. The van der Waals surface area contributed by atoms with Gasteiger partial charge in [0.2, 0.25) is 0 Å². The van der Waals surface area contributed by atoms with Crippen molar-refractivity contribution in [3.8, 4) is 0 Å². The SMILES string of the molecule is COC(=O)c1cc2ccc1CCCCCCCC2. The van der Waals surface area contributed by atoms with E-state index in [1.807, 2.05) is 6.07 Å². The van der Waals surface area contributed by atoms with E-state index in [0.29, 0.717) is 0 Å². The molecule has 0 saturated heterocycles. The molecule has 0 radical (unpaired) electrons. The molecule has 2 aliphatic rings. The maximum Gasteiger partial charge on any atom is 0.338 e. The summed E-state index contributed by atoms with van der Waals surface area (Å²) in [5.74, 6) is -0.191. The summed E-state index contributed by atoms with van der Waals surface area (Å²) in [4.78, 5) is 11.8. The lowest BCUT2D eigenvalue weighted by atomic mass is 9.95. The van der Waals surface area contributed by atoms with Gasteiger partial charge in [0.1, 0.15) is 0 Å². The minimum atomic E-state index is -0.191. The first-order chi connectivity index (χ1) is 8.81. The molecule has 3 rings (SSSR count). The van der Waals surface area contributed by atoms with Crippen molar-refractivity contribution in [2.24, 2.45) is 0 Å². The number of carbonyl (C=O) groups is 1. The molecule has 0 spiro atoms. The molecule has 2 aliphatic carbocycles. The van der Waals surface area contributed by atoms with Crippen LogP contribution in [0.5, 0.6) is 0 Å². The number of carbonyl (C=O) groups excluding carboxylic acids is 1. The molecule has 18 heavy (non-hydrogen) atoms. The fourth-order valence-corrected chi connectivity index (χ4v) is 2.65. The predicted octanol–water partition coefficient (Wildman–Crippen LogP) is 3.91. The van der Waals surface area contributed by atoms with E-state index in [0.717, 1.165) is 24.0 Å². The molecule has 0 saturated carbocycles. The molecule has 1 aromatic rings. The second kappa shape index (κ2) is 6.58. The highest BCUT2D eigenvalue weighted by molar-refractivity contribution is 5.91. The maximum absolute atomic E-state index is 11.8. The standard InChI is InChI=1S/C16H22O2/c1-18-16(17)15-12-13-8-6-4-2-3-5-7-9-14(15)11-10-13/h10-12H,2-9H2,1H3. The fraction of sp³-hybridized carbons (Fsp3) is 0.562. The van der Waals surface area contributed by atoms with Crippen LogP contribution in [0.25, 0.3) is 0 Å². The Kier molecular flexibility index (Phi) is 4.80. The molecule has 2 nitrogen and oxygen atoms in total. The molecule has 0 aromatic heterocycles. The van der Waals surface area contributed by atoms with Gasteiger partial charge in [-0.25, -0.2) is 4.79 Å². The molecule has 2 heteroatoms. The quantitative estimate of drug-likeness (QED) is 0.702. The summed E-state index contributed by atoms with van der Waals surface area (Å²) >= 11 is 0. The number of methoxy groups -OCH3 is 1. The molecule has 0 aliphatic heterocycles. The molecule has 0 N–H and O–H groups in total. The van der Waals surface area contributed by atoms with Crippen LogP contribution in [-0.2, 0) is 17.6 Å². The van der Waals surface area contributed by atoms with Crippen LogP contribution in [-0.4, -0.2) is 13.1 Å². The lowest BCUT2D eigenvalue weighted by molar-refractivity contribution is 0.0599. The van der Waals surface area contributed by atoms with Gasteiger partial charge in [-0.05, 0) is 42.9 Å². The lowest BCUT2D eigenvalue weighted by Crippen LogP contribution is -2.07. The number of rotatable bonds is 1. The van der Waals surface area contributed by atoms with E-state index >= 15 is 0 Å². The summed E-state index contributed by atoms with van der Waals surface area (Å²) in [6.07, 6.45) is 9.69. The number of fused-ring (bicyclic) bond motifs is 9. The van der Waals surface area contributed by atoms with Crippen molar-refractivity contribution in [1.82, 2.24) is 0 Å². The maximum atomic E-state index is 11.8. The first-order valence-electron chi connectivity index (χ1n) is 7.01. The topological polar surface area (TPSA) is 26.3 Å². The Morgan fingerprint density at radius 3 is 2.39 bits per heavy atom. The van der Waals surface area contributed by atoms with Crippen molar-refractivity contribution in [1.29, 1.82) is 0 Å². The minimum absolute atomic E-state index is 0.191. The molecular weight excluding hydrogens is 224 g/mol. The van der Waals surface area contributed by atoms with Gasteiger partial charge in [-0.2, -0.15) is 0 Å². The Bertz CT molecular complexity index is 410. The first kappa shape index (κ1) is 13.1. The van der Waals surface area contributed by atoms with E-state index in [1.54, 1.807) is 0 Å². The monoisotopic (exact) mass is 246 g/mol. The van der Waals surface area contributed by atoms with Gasteiger partial charge in [0.15, 0.2) is 0 Å². The van der Waals surface area contributed by atoms with Crippen molar-refractivity contribution in [2.75, 3.05) is 7.11 Å². The average Bonchev–Trinajstić information content (AvgIpc) is 2.39. The van der Waals surface area contributed by atoms with Crippen LogP contribution in [0, 0.1) is 0 Å². The van der Waals surface area contributed by atoms with Crippen LogP contribution < -0.4 is 0 Å². The van der Waals surface area contributed by atoms with Crippen molar-refractivity contribution in [3.05, 3.63) is 34.9 Å². The van der Waals surface area contributed by atoms with Gasteiger partial charge in [0.05, 0.1) is 12.7 Å². The molecule has 0 unspecified atom stereocenters. The number of hydrogen-bond acceptors (Lipinski definition) is 2. The Morgan fingerprint density at radius 1 is 1.00 bits per heavy atom. The number of aryl methyl sites for hydroxylation is 2. The van der Waals surface area contributed by atoms with E-state index in [-0.39, 0.29) is 5.97 Å². The minimum Gasteiger partial charge on any atom is -0.465 e. The Morgan fingerprint density at radius 2 is 1.67 bits per heavy atom. The van der Waals surface area contributed by atoms with Crippen LogP contribution in [0.2, 0.25) is 0 Å². The molecule has 98 valence electrons. The summed E-state index contributed by atoms with van der Waals surface area (Å²) in [7, 11) is 1.46. The fourth-order valence-electron chi connectivity index (χ4n) is 2.65. The highest BCUT2D eigenvalue weighted by Gasteiger charge is 2.13. The van der Waals surface area contributed by atoms with E-state index in [9.17, 15) is 4.79 Å². The van der Waals surface area contributed by atoms with Crippen LogP contribution in [0.1, 0.15) is 60.0 Å². The van der Waals surface area contributed by atoms with E-state index in [2.05, 4.69) is 12.1 Å². The van der Waals surface area contributed by atoms with Crippen LogP contribution in [0.3, 0.4) is 0 Å². The number of hydrogen-bond donors (Lipinski definition) is 0. The number of benzene rings is 1. The summed E-state index contributed by atoms with van der Waals surface area (Å²) in [5, 5.41) is 0. The highest BCUT2D eigenvalue weighted by atomic mass is 16.5. The number of esters is 1. The molecule has 0 atom stereocenters. The molecule has 1 aromatic carbocycles. The Labute approximate surface area is 109 Å². The third-order valence-corrected chi connectivity index (χ3v) is 3.74.